The van der Waals surface area contributed by atoms with Crippen LogP contribution in [0, 0.1) is 10.1 Å². The van der Waals surface area contributed by atoms with Crippen molar-refractivity contribution in [2.45, 2.75) is 31.7 Å². The fourth-order valence-corrected chi connectivity index (χ4v) is 2.72. The van der Waals surface area contributed by atoms with Gasteiger partial charge in [-0.1, -0.05) is 15.9 Å². The van der Waals surface area contributed by atoms with E-state index in [1.54, 1.807) is 4.90 Å². The fraction of sp³-hybridized carbons (Fsp3) is 0.583. The molecule has 0 saturated carbocycles. The van der Waals surface area contributed by atoms with Gasteiger partial charge in [0.05, 0.1) is 6.07 Å². The molecule has 1 fully saturated rings. The Labute approximate surface area is 119 Å². The Balaban J connectivity index is 2.07. The van der Waals surface area contributed by atoms with Crippen LogP contribution in [0.3, 0.4) is 0 Å². The smallest absolute Gasteiger partial charge is 0.395 e. The third-order valence-electron chi connectivity index (χ3n) is 3.29. The summed E-state index contributed by atoms with van der Waals surface area (Å²) in [7, 11) is 0. The molecule has 104 valence electrons. The first-order chi connectivity index (χ1) is 9.13. The Morgan fingerprint density at radius 2 is 2.37 bits per heavy atom. The highest BCUT2D eigenvalue weighted by atomic mass is 79.9. The number of rotatable bonds is 5. The van der Waals surface area contributed by atoms with Crippen LogP contribution in [0.25, 0.3) is 0 Å². The minimum atomic E-state index is -0.636. The third-order valence-corrected chi connectivity index (χ3v) is 3.85. The summed E-state index contributed by atoms with van der Waals surface area (Å²) in [6.45, 7) is 0.695. The van der Waals surface area contributed by atoms with Crippen LogP contribution in [-0.2, 0) is 0 Å². The van der Waals surface area contributed by atoms with E-state index in [0.717, 1.165) is 31.0 Å². The number of hydrogen-bond donors (Lipinski definition) is 0. The van der Waals surface area contributed by atoms with Crippen molar-refractivity contribution >= 4 is 27.7 Å². The largest absolute Gasteiger partial charge is 0.433 e. The number of furan rings is 1. The van der Waals surface area contributed by atoms with E-state index in [4.69, 9.17) is 4.42 Å². The van der Waals surface area contributed by atoms with Crippen molar-refractivity contribution in [3.8, 4) is 0 Å². The molecule has 1 aliphatic heterocycles. The van der Waals surface area contributed by atoms with Gasteiger partial charge in [-0.2, -0.15) is 0 Å². The van der Waals surface area contributed by atoms with Gasteiger partial charge in [-0.15, -0.1) is 0 Å². The van der Waals surface area contributed by atoms with Crippen molar-refractivity contribution in [2.75, 3.05) is 11.9 Å². The zero-order valence-electron chi connectivity index (χ0n) is 10.4. The summed E-state index contributed by atoms with van der Waals surface area (Å²) in [6, 6.07) is 2.81. The molecule has 1 atom stereocenters. The van der Waals surface area contributed by atoms with Gasteiger partial charge in [0.25, 0.3) is 5.91 Å². The number of nitro groups is 1. The topological polar surface area (TPSA) is 76.6 Å². The van der Waals surface area contributed by atoms with Gasteiger partial charge in [-0.05, 0) is 31.7 Å². The Kier molecular flexibility index (Phi) is 4.57. The van der Waals surface area contributed by atoms with Crippen LogP contribution in [0.15, 0.2) is 16.5 Å². The van der Waals surface area contributed by atoms with Gasteiger partial charge in [-0.25, -0.2) is 0 Å². The van der Waals surface area contributed by atoms with E-state index in [-0.39, 0.29) is 23.6 Å². The average molecular weight is 331 g/mol. The summed E-state index contributed by atoms with van der Waals surface area (Å²) in [6.07, 6.45) is 3.91. The van der Waals surface area contributed by atoms with E-state index >= 15 is 0 Å². The molecule has 0 bridgehead atoms. The molecule has 1 amide bonds. The molecule has 0 aromatic carbocycles. The van der Waals surface area contributed by atoms with Crippen molar-refractivity contribution in [3.05, 3.63) is 28.0 Å². The van der Waals surface area contributed by atoms with Crippen molar-refractivity contribution in [3.63, 3.8) is 0 Å². The Bertz CT molecular complexity index is 474. The van der Waals surface area contributed by atoms with Crippen molar-refractivity contribution < 1.29 is 14.1 Å². The molecule has 0 radical (unpaired) electrons. The summed E-state index contributed by atoms with van der Waals surface area (Å²) < 4.78 is 4.97. The summed E-state index contributed by atoms with van der Waals surface area (Å²) in [5.74, 6) is -0.581. The second-order valence-electron chi connectivity index (χ2n) is 4.52. The van der Waals surface area contributed by atoms with E-state index in [1.807, 2.05) is 0 Å². The maximum absolute atomic E-state index is 12.3. The predicted octanol–water partition coefficient (Wildman–Crippen LogP) is 2.97. The lowest BCUT2D eigenvalue weighted by atomic mass is 10.1. The molecule has 6 nitrogen and oxygen atoms in total. The van der Waals surface area contributed by atoms with Crippen LogP contribution in [0.1, 0.15) is 36.2 Å². The number of likely N-dealkylation sites (tertiary alicyclic amines) is 1. The van der Waals surface area contributed by atoms with Gasteiger partial charge >= 0.3 is 5.88 Å². The van der Waals surface area contributed by atoms with E-state index in [2.05, 4.69) is 15.9 Å². The Morgan fingerprint density at radius 1 is 1.58 bits per heavy atom. The molecule has 1 aromatic heterocycles. The molecule has 7 heteroatoms. The second kappa shape index (κ2) is 6.18. The molecule has 2 heterocycles. The number of hydrogen-bond acceptors (Lipinski definition) is 4. The first kappa shape index (κ1) is 14.0. The first-order valence-corrected chi connectivity index (χ1v) is 7.37. The number of carbonyl (C=O) groups excluding carboxylic acids is 1. The first-order valence-electron chi connectivity index (χ1n) is 6.24. The zero-order chi connectivity index (χ0) is 13.8. The molecular weight excluding hydrogens is 316 g/mol. The van der Waals surface area contributed by atoms with Crippen molar-refractivity contribution in [2.24, 2.45) is 0 Å². The summed E-state index contributed by atoms with van der Waals surface area (Å²) in [5, 5.41) is 11.5. The van der Waals surface area contributed by atoms with E-state index in [1.165, 1.54) is 12.1 Å². The molecule has 0 spiro atoms. The van der Waals surface area contributed by atoms with Crippen LogP contribution in [0.2, 0.25) is 0 Å². The normalized spacial score (nSPS) is 18.8. The molecule has 1 aliphatic rings. The van der Waals surface area contributed by atoms with Crippen molar-refractivity contribution in [1.82, 2.24) is 4.90 Å². The molecule has 1 aromatic rings. The van der Waals surface area contributed by atoms with E-state index in [0.29, 0.717) is 6.54 Å². The molecule has 0 aliphatic carbocycles. The Hall–Kier alpha value is -1.37. The highest BCUT2D eigenvalue weighted by Gasteiger charge is 2.31. The molecular formula is C12H15BrN2O4. The number of carbonyl (C=O) groups is 1. The van der Waals surface area contributed by atoms with Crippen LogP contribution in [-0.4, -0.2) is 33.6 Å². The molecule has 0 N–H and O–H groups in total. The van der Waals surface area contributed by atoms with Gasteiger partial charge in [0, 0.05) is 17.9 Å². The van der Waals surface area contributed by atoms with Crippen LogP contribution in [0.5, 0.6) is 0 Å². The average Bonchev–Trinajstić information content (AvgIpc) is 3.04. The highest BCUT2D eigenvalue weighted by molar-refractivity contribution is 9.09. The second-order valence-corrected chi connectivity index (χ2v) is 5.31. The third kappa shape index (κ3) is 3.15. The maximum atomic E-state index is 12.3. The van der Waals surface area contributed by atoms with Crippen LogP contribution in [0.4, 0.5) is 5.88 Å². The molecule has 1 saturated heterocycles. The van der Waals surface area contributed by atoms with Crippen LogP contribution >= 0.6 is 15.9 Å². The summed E-state index contributed by atoms with van der Waals surface area (Å²) >= 11 is 3.38. The van der Waals surface area contributed by atoms with E-state index in [9.17, 15) is 14.9 Å². The van der Waals surface area contributed by atoms with Crippen molar-refractivity contribution in [1.29, 1.82) is 0 Å². The van der Waals surface area contributed by atoms with Gasteiger partial charge in [0.2, 0.25) is 0 Å². The predicted molar refractivity (Wildman–Crippen MR) is 72.4 cm³/mol. The van der Waals surface area contributed by atoms with Gasteiger partial charge in [0.15, 0.2) is 5.76 Å². The monoisotopic (exact) mass is 330 g/mol. The van der Waals surface area contributed by atoms with Gasteiger partial charge in [0.1, 0.15) is 4.92 Å². The zero-order valence-corrected chi connectivity index (χ0v) is 12.0. The lowest BCUT2D eigenvalue weighted by Gasteiger charge is -2.23. The number of nitrogens with zero attached hydrogens (tertiary/aromatic N) is 2. The van der Waals surface area contributed by atoms with E-state index < -0.39 is 4.92 Å². The van der Waals surface area contributed by atoms with Gasteiger partial charge in [-0.3, -0.25) is 14.9 Å². The minimum absolute atomic E-state index is 0.0532. The fourth-order valence-electron chi connectivity index (χ4n) is 2.40. The highest BCUT2D eigenvalue weighted by Crippen LogP contribution is 2.25. The summed E-state index contributed by atoms with van der Waals surface area (Å²) in [4.78, 5) is 23.9. The molecule has 19 heavy (non-hydrogen) atoms. The summed E-state index contributed by atoms with van der Waals surface area (Å²) in [5.41, 5.74) is 0. The number of alkyl halides is 1. The lowest BCUT2D eigenvalue weighted by Crippen LogP contribution is -2.35. The quantitative estimate of drug-likeness (QED) is 0.472. The van der Waals surface area contributed by atoms with Gasteiger partial charge < -0.3 is 9.32 Å². The molecule has 1 unspecified atom stereocenters. The van der Waals surface area contributed by atoms with Crippen LogP contribution < -0.4 is 0 Å². The standard InChI is InChI=1S/C12H15BrN2O4/c13-7-1-3-9-4-2-8-14(9)12(16)10-5-6-11(19-10)15(17)18/h5-6,9H,1-4,7-8H2. The SMILES string of the molecule is O=C(c1ccc([N+](=O)[O-])o1)N1CCCC1CCCBr. The minimum Gasteiger partial charge on any atom is -0.395 e. The number of amides is 1. The number of halogens is 1. The Morgan fingerprint density at radius 3 is 3.00 bits per heavy atom. The lowest BCUT2D eigenvalue weighted by molar-refractivity contribution is -0.402. The molecule has 2 rings (SSSR count). The maximum Gasteiger partial charge on any atom is 0.433 e.